The van der Waals surface area contributed by atoms with Crippen LogP contribution < -0.4 is 5.32 Å². The molecule has 19 heavy (non-hydrogen) atoms. The molecule has 1 atom stereocenters. The fourth-order valence-corrected chi connectivity index (χ4v) is 2.37. The minimum Gasteiger partial charge on any atom is -0.478 e. The van der Waals surface area contributed by atoms with E-state index in [-0.39, 0.29) is 11.7 Å². The Hall–Kier alpha value is -1.62. The van der Waals surface area contributed by atoms with E-state index in [1.165, 1.54) is 0 Å². The highest BCUT2D eigenvalue weighted by atomic mass is 16.4. The molecule has 0 aliphatic heterocycles. The van der Waals surface area contributed by atoms with Gasteiger partial charge in [0.2, 0.25) is 0 Å². The van der Waals surface area contributed by atoms with E-state index < -0.39 is 5.97 Å². The highest BCUT2D eigenvalue weighted by Crippen LogP contribution is 2.25. The average molecular weight is 264 g/mol. The number of nitrogens with zero attached hydrogens (tertiary/aromatic N) is 1. The second kappa shape index (κ2) is 6.02. The van der Waals surface area contributed by atoms with E-state index in [9.17, 15) is 15.0 Å². The van der Waals surface area contributed by atoms with E-state index in [4.69, 9.17) is 0 Å². The molecule has 0 bridgehead atoms. The molecule has 0 aromatic carbocycles. The van der Waals surface area contributed by atoms with Crippen molar-refractivity contribution in [3.05, 3.63) is 22.9 Å². The van der Waals surface area contributed by atoms with E-state index in [2.05, 4.69) is 10.3 Å². The van der Waals surface area contributed by atoms with Gasteiger partial charge in [-0.2, -0.15) is 0 Å². The van der Waals surface area contributed by atoms with Crippen molar-refractivity contribution >= 4 is 11.8 Å². The van der Waals surface area contributed by atoms with Crippen molar-refractivity contribution in [1.82, 2.24) is 4.98 Å². The Bertz CT molecular complexity index is 472. The Kier molecular flexibility index (Phi) is 4.37. The van der Waals surface area contributed by atoms with Gasteiger partial charge >= 0.3 is 5.97 Å². The van der Waals surface area contributed by atoms with Crippen molar-refractivity contribution in [1.29, 1.82) is 0 Å². The molecule has 0 saturated carbocycles. The summed E-state index contributed by atoms with van der Waals surface area (Å²) in [5, 5.41) is 21.5. The molecule has 0 radical (unpaired) electrons. The van der Waals surface area contributed by atoms with E-state index in [0.717, 1.165) is 36.9 Å². The molecule has 2 rings (SSSR count). The molecule has 0 spiro atoms. The highest BCUT2D eigenvalue weighted by Gasteiger charge is 2.19. The van der Waals surface area contributed by atoms with Gasteiger partial charge in [0.05, 0.1) is 6.10 Å². The van der Waals surface area contributed by atoms with Gasteiger partial charge in [0.15, 0.2) is 0 Å². The molecular formula is C14H20N2O3. The Balaban J connectivity index is 2.08. The lowest BCUT2D eigenvalue weighted by molar-refractivity contribution is 0.0697. The molecular weight excluding hydrogens is 244 g/mol. The van der Waals surface area contributed by atoms with Gasteiger partial charge in [0.1, 0.15) is 11.4 Å². The number of nitrogens with one attached hydrogen (secondary N) is 1. The number of aliphatic hydroxyl groups excluding tert-OH is 1. The van der Waals surface area contributed by atoms with Crippen molar-refractivity contribution in [3.8, 4) is 0 Å². The number of aromatic carboxylic acids is 1. The summed E-state index contributed by atoms with van der Waals surface area (Å²) < 4.78 is 0. The van der Waals surface area contributed by atoms with Crippen LogP contribution in [0.4, 0.5) is 5.82 Å². The lowest BCUT2D eigenvalue weighted by atomic mass is 10.1. The van der Waals surface area contributed by atoms with Crippen molar-refractivity contribution in [2.75, 3.05) is 11.9 Å². The molecule has 1 aliphatic rings. The summed E-state index contributed by atoms with van der Waals surface area (Å²) in [4.78, 5) is 15.7. The van der Waals surface area contributed by atoms with Crippen LogP contribution in [0.25, 0.3) is 0 Å². The maximum absolute atomic E-state index is 11.2. The maximum atomic E-state index is 11.2. The number of rotatable bonds is 6. The fourth-order valence-electron chi connectivity index (χ4n) is 2.37. The first-order valence-corrected chi connectivity index (χ1v) is 6.76. The zero-order valence-corrected chi connectivity index (χ0v) is 11.1. The van der Waals surface area contributed by atoms with E-state index >= 15 is 0 Å². The van der Waals surface area contributed by atoms with Gasteiger partial charge in [-0.1, -0.05) is 0 Å². The van der Waals surface area contributed by atoms with Crippen LogP contribution in [0.2, 0.25) is 0 Å². The first kappa shape index (κ1) is 13.8. The van der Waals surface area contributed by atoms with Crippen molar-refractivity contribution in [2.24, 2.45) is 0 Å². The smallest absolute Gasteiger partial charge is 0.339 e. The van der Waals surface area contributed by atoms with Crippen LogP contribution in [0, 0.1) is 0 Å². The van der Waals surface area contributed by atoms with Gasteiger partial charge in [-0.25, -0.2) is 9.78 Å². The number of anilines is 1. The second-order valence-corrected chi connectivity index (χ2v) is 5.07. The lowest BCUT2D eigenvalue weighted by Crippen LogP contribution is -2.12. The van der Waals surface area contributed by atoms with E-state index in [1.807, 2.05) is 0 Å². The monoisotopic (exact) mass is 264 g/mol. The highest BCUT2D eigenvalue weighted by molar-refractivity contribution is 5.93. The molecule has 1 aliphatic carbocycles. The number of carboxylic acids is 1. The van der Waals surface area contributed by atoms with E-state index in [0.29, 0.717) is 18.8 Å². The van der Waals surface area contributed by atoms with Crippen LogP contribution in [0.5, 0.6) is 0 Å². The zero-order valence-electron chi connectivity index (χ0n) is 11.1. The lowest BCUT2D eigenvalue weighted by Gasteiger charge is -2.11. The van der Waals surface area contributed by atoms with Crippen LogP contribution in [0.3, 0.4) is 0 Å². The SMILES string of the molecule is CC(O)CCCNc1nc2c(cc1C(=O)O)CCC2. The molecule has 5 heteroatoms. The maximum Gasteiger partial charge on any atom is 0.339 e. The molecule has 5 nitrogen and oxygen atoms in total. The summed E-state index contributed by atoms with van der Waals surface area (Å²) in [7, 11) is 0. The molecule has 0 saturated heterocycles. The van der Waals surface area contributed by atoms with Gasteiger partial charge in [0.25, 0.3) is 0 Å². The Labute approximate surface area is 112 Å². The number of aromatic nitrogens is 1. The third-order valence-corrected chi connectivity index (χ3v) is 3.37. The summed E-state index contributed by atoms with van der Waals surface area (Å²) >= 11 is 0. The molecule has 0 amide bonds. The van der Waals surface area contributed by atoms with Gasteiger partial charge in [0, 0.05) is 12.2 Å². The number of carboxylic acid groups (broad SMARTS) is 1. The molecule has 1 heterocycles. The molecule has 3 N–H and O–H groups in total. The van der Waals surface area contributed by atoms with Gasteiger partial charge < -0.3 is 15.5 Å². The first-order valence-electron chi connectivity index (χ1n) is 6.76. The summed E-state index contributed by atoms with van der Waals surface area (Å²) in [5.74, 6) is -0.487. The predicted molar refractivity (Wildman–Crippen MR) is 72.6 cm³/mol. The summed E-state index contributed by atoms with van der Waals surface area (Å²) in [6.45, 7) is 2.37. The summed E-state index contributed by atoms with van der Waals surface area (Å²) in [6.07, 6.45) is 4.05. The van der Waals surface area contributed by atoms with Crippen LogP contribution in [-0.4, -0.2) is 33.8 Å². The van der Waals surface area contributed by atoms with Gasteiger partial charge in [-0.05, 0) is 50.7 Å². The quantitative estimate of drug-likeness (QED) is 0.683. The fraction of sp³-hybridized carbons (Fsp3) is 0.571. The standard InChI is InChI=1S/C14H20N2O3/c1-9(17)4-3-7-15-13-11(14(18)19)8-10-5-2-6-12(10)16-13/h8-9,17H,2-7H2,1H3,(H,15,16)(H,18,19). The number of fused-ring (bicyclic) bond motifs is 1. The molecule has 104 valence electrons. The molecule has 1 aromatic heterocycles. The zero-order chi connectivity index (χ0) is 13.8. The Morgan fingerprint density at radius 1 is 1.53 bits per heavy atom. The Morgan fingerprint density at radius 2 is 2.32 bits per heavy atom. The topological polar surface area (TPSA) is 82.5 Å². The molecule has 0 fully saturated rings. The third-order valence-electron chi connectivity index (χ3n) is 3.37. The number of hydrogen-bond acceptors (Lipinski definition) is 4. The van der Waals surface area contributed by atoms with Gasteiger partial charge in [-0.15, -0.1) is 0 Å². The number of aryl methyl sites for hydroxylation is 2. The largest absolute Gasteiger partial charge is 0.478 e. The van der Waals surface area contributed by atoms with Crippen molar-refractivity contribution in [3.63, 3.8) is 0 Å². The first-order chi connectivity index (χ1) is 9.08. The average Bonchev–Trinajstić information content (AvgIpc) is 2.80. The van der Waals surface area contributed by atoms with Crippen molar-refractivity contribution < 1.29 is 15.0 Å². The molecule has 1 aromatic rings. The number of carbonyl (C=O) groups is 1. The summed E-state index contributed by atoms with van der Waals surface area (Å²) in [5.41, 5.74) is 2.33. The second-order valence-electron chi connectivity index (χ2n) is 5.07. The van der Waals surface area contributed by atoms with Crippen LogP contribution >= 0.6 is 0 Å². The van der Waals surface area contributed by atoms with Crippen LogP contribution in [0.1, 0.15) is 47.8 Å². The third kappa shape index (κ3) is 3.44. The minimum atomic E-state index is -0.944. The van der Waals surface area contributed by atoms with E-state index in [1.54, 1.807) is 13.0 Å². The Morgan fingerprint density at radius 3 is 3.00 bits per heavy atom. The summed E-state index contributed by atoms with van der Waals surface area (Å²) in [6, 6.07) is 1.74. The number of pyridine rings is 1. The molecule has 1 unspecified atom stereocenters. The number of hydrogen-bond donors (Lipinski definition) is 3. The minimum absolute atomic E-state index is 0.248. The van der Waals surface area contributed by atoms with Crippen LogP contribution in [-0.2, 0) is 12.8 Å². The predicted octanol–water partition coefficient (Wildman–Crippen LogP) is 1.84. The number of aliphatic hydroxyl groups is 1. The van der Waals surface area contributed by atoms with Crippen molar-refractivity contribution in [2.45, 2.75) is 45.1 Å². The van der Waals surface area contributed by atoms with Gasteiger partial charge in [-0.3, -0.25) is 0 Å². The normalized spacial score (nSPS) is 15.1. The van der Waals surface area contributed by atoms with Crippen LogP contribution in [0.15, 0.2) is 6.07 Å².